The van der Waals surface area contributed by atoms with E-state index in [4.69, 9.17) is 4.42 Å². The minimum Gasteiger partial charge on any atom is -0.456 e. The number of amides is 2. The van der Waals surface area contributed by atoms with Crippen LogP contribution in [0.2, 0.25) is 0 Å². The Morgan fingerprint density at radius 1 is 1.00 bits per heavy atom. The van der Waals surface area contributed by atoms with E-state index in [1.165, 1.54) is 0 Å². The van der Waals surface area contributed by atoms with Gasteiger partial charge in [-0.1, -0.05) is 0 Å². The number of hydrogen-bond acceptors (Lipinski definition) is 5. The summed E-state index contributed by atoms with van der Waals surface area (Å²) >= 11 is 0. The van der Waals surface area contributed by atoms with Gasteiger partial charge in [0.2, 0.25) is 0 Å². The van der Waals surface area contributed by atoms with Crippen molar-refractivity contribution in [3.63, 3.8) is 0 Å². The summed E-state index contributed by atoms with van der Waals surface area (Å²) in [4.78, 5) is 34.6. The van der Waals surface area contributed by atoms with Gasteiger partial charge in [0.25, 0.3) is 11.8 Å². The van der Waals surface area contributed by atoms with E-state index in [0.717, 1.165) is 5.82 Å². The highest BCUT2D eigenvalue weighted by Gasteiger charge is 2.27. The standard InChI is InChI=1S/C18H22N4O3/c1-13-4-6-15(25-13)18(24)22-10-8-21(9-11-22)17(23)14-5-7-16(19-12-14)20(2)3/h4-7,12H,8-11H2,1-3H3. The van der Waals surface area contributed by atoms with Gasteiger partial charge in [-0.05, 0) is 31.2 Å². The lowest BCUT2D eigenvalue weighted by Crippen LogP contribution is -2.50. The summed E-state index contributed by atoms with van der Waals surface area (Å²) in [6.45, 7) is 3.80. The van der Waals surface area contributed by atoms with Crippen LogP contribution in [0.1, 0.15) is 26.7 Å². The number of hydrogen-bond donors (Lipinski definition) is 0. The minimum atomic E-state index is -0.128. The van der Waals surface area contributed by atoms with Gasteiger partial charge in [-0.2, -0.15) is 0 Å². The lowest BCUT2D eigenvalue weighted by molar-refractivity contribution is 0.0517. The molecule has 132 valence electrons. The van der Waals surface area contributed by atoms with E-state index in [9.17, 15) is 9.59 Å². The molecule has 1 aliphatic heterocycles. The largest absolute Gasteiger partial charge is 0.456 e. The summed E-state index contributed by atoms with van der Waals surface area (Å²) in [6, 6.07) is 7.07. The first kappa shape index (κ1) is 17.0. The zero-order valence-electron chi connectivity index (χ0n) is 14.7. The molecule has 25 heavy (non-hydrogen) atoms. The molecular formula is C18H22N4O3. The SMILES string of the molecule is Cc1ccc(C(=O)N2CCN(C(=O)c3ccc(N(C)C)nc3)CC2)o1. The Labute approximate surface area is 146 Å². The van der Waals surface area contributed by atoms with Gasteiger partial charge in [0.1, 0.15) is 11.6 Å². The first-order valence-corrected chi connectivity index (χ1v) is 8.24. The molecule has 1 aliphatic rings. The Balaban J connectivity index is 1.59. The van der Waals surface area contributed by atoms with Crippen molar-refractivity contribution in [2.75, 3.05) is 45.2 Å². The molecule has 0 saturated carbocycles. The van der Waals surface area contributed by atoms with Crippen molar-refractivity contribution < 1.29 is 14.0 Å². The molecular weight excluding hydrogens is 320 g/mol. The Kier molecular flexibility index (Phi) is 4.74. The number of aromatic nitrogens is 1. The molecule has 2 aromatic heterocycles. The average Bonchev–Trinajstić information content (AvgIpc) is 3.07. The maximum atomic E-state index is 12.6. The summed E-state index contributed by atoms with van der Waals surface area (Å²) in [5.41, 5.74) is 0.562. The summed E-state index contributed by atoms with van der Waals surface area (Å²) in [7, 11) is 3.81. The number of pyridine rings is 1. The Morgan fingerprint density at radius 3 is 2.12 bits per heavy atom. The Hall–Kier alpha value is -2.83. The van der Waals surface area contributed by atoms with Crippen molar-refractivity contribution in [3.8, 4) is 0 Å². The van der Waals surface area contributed by atoms with E-state index < -0.39 is 0 Å². The first-order valence-electron chi connectivity index (χ1n) is 8.24. The smallest absolute Gasteiger partial charge is 0.289 e. The predicted molar refractivity (Wildman–Crippen MR) is 93.8 cm³/mol. The third kappa shape index (κ3) is 3.65. The number of carbonyl (C=O) groups excluding carboxylic acids is 2. The maximum absolute atomic E-state index is 12.6. The van der Waals surface area contributed by atoms with Crippen LogP contribution in [-0.4, -0.2) is 66.9 Å². The van der Waals surface area contributed by atoms with Crippen LogP contribution in [0.3, 0.4) is 0 Å². The number of anilines is 1. The van der Waals surface area contributed by atoms with Gasteiger partial charge in [-0.25, -0.2) is 4.98 Å². The lowest BCUT2D eigenvalue weighted by Gasteiger charge is -2.34. The molecule has 2 amide bonds. The lowest BCUT2D eigenvalue weighted by atomic mass is 10.2. The van der Waals surface area contributed by atoms with Crippen LogP contribution in [0.5, 0.6) is 0 Å². The topological polar surface area (TPSA) is 69.9 Å². The maximum Gasteiger partial charge on any atom is 0.289 e. The number of piperazine rings is 1. The molecule has 7 heteroatoms. The second kappa shape index (κ2) is 6.96. The van der Waals surface area contributed by atoms with E-state index in [1.54, 1.807) is 34.2 Å². The van der Waals surface area contributed by atoms with Crippen molar-refractivity contribution >= 4 is 17.6 Å². The molecule has 3 rings (SSSR count). The number of aryl methyl sites for hydroxylation is 1. The molecule has 0 radical (unpaired) electrons. The van der Waals surface area contributed by atoms with Gasteiger partial charge in [-0.3, -0.25) is 9.59 Å². The monoisotopic (exact) mass is 342 g/mol. The summed E-state index contributed by atoms with van der Waals surface area (Å²) in [6.07, 6.45) is 1.60. The van der Waals surface area contributed by atoms with Crippen LogP contribution in [-0.2, 0) is 0 Å². The van der Waals surface area contributed by atoms with E-state index in [1.807, 2.05) is 32.0 Å². The second-order valence-electron chi connectivity index (χ2n) is 6.29. The molecule has 0 N–H and O–H groups in total. The summed E-state index contributed by atoms with van der Waals surface area (Å²) in [5, 5.41) is 0. The summed E-state index contributed by atoms with van der Waals surface area (Å²) in [5.74, 6) is 1.68. The van der Waals surface area contributed by atoms with Crippen molar-refractivity contribution in [2.24, 2.45) is 0 Å². The van der Waals surface area contributed by atoms with E-state index >= 15 is 0 Å². The normalized spacial score (nSPS) is 14.5. The fourth-order valence-corrected chi connectivity index (χ4v) is 2.78. The van der Waals surface area contributed by atoms with Gasteiger partial charge < -0.3 is 19.1 Å². The summed E-state index contributed by atoms with van der Waals surface area (Å²) < 4.78 is 5.39. The fourth-order valence-electron chi connectivity index (χ4n) is 2.78. The van der Waals surface area contributed by atoms with Crippen LogP contribution in [0.15, 0.2) is 34.9 Å². The Morgan fingerprint density at radius 2 is 1.64 bits per heavy atom. The third-order valence-corrected chi connectivity index (χ3v) is 4.26. The molecule has 0 aromatic carbocycles. The van der Waals surface area contributed by atoms with Crippen molar-refractivity contribution in [1.29, 1.82) is 0 Å². The van der Waals surface area contributed by atoms with Gasteiger partial charge >= 0.3 is 0 Å². The van der Waals surface area contributed by atoms with Gasteiger partial charge in [0.15, 0.2) is 5.76 Å². The quantitative estimate of drug-likeness (QED) is 0.848. The van der Waals surface area contributed by atoms with Gasteiger partial charge in [0, 0.05) is 46.5 Å². The second-order valence-corrected chi connectivity index (χ2v) is 6.29. The fraction of sp³-hybridized carbons (Fsp3) is 0.389. The number of carbonyl (C=O) groups is 2. The number of nitrogens with zero attached hydrogens (tertiary/aromatic N) is 4. The van der Waals surface area contributed by atoms with Gasteiger partial charge in [0.05, 0.1) is 5.56 Å². The van der Waals surface area contributed by atoms with Crippen molar-refractivity contribution in [3.05, 3.63) is 47.5 Å². The molecule has 1 fully saturated rings. The van der Waals surface area contributed by atoms with E-state index in [2.05, 4.69) is 4.98 Å². The zero-order valence-corrected chi connectivity index (χ0v) is 14.7. The average molecular weight is 342 g/mol. The molecule has 0 spiro atoms. The molecule has 0 aliphatic carbocycles. The van der Waals surface area contributed by atoms with Crippen LogP contribution in [0.4, 0.5) is 5.82 Å². The molecule has 0 atom stereocenters. The zero-order chi connectivity index (χ0) is 18.0. The predicted octanol–water partition coefficient (Wildman–Crippen LogP) is 1.65. The number of rotatable bonds is 3. The van der Waals surface area contributed by atoms with Gasteiger partial charge in [-0.15, -0.1) is 0 Å². The van der Waals surface area contributed by atoms with E-state index in [-0.39, 0.29) is 11.8 Å². The molecule has 3 heterocycles. The molecule has 0 bridgehead atoms. The number of furan rings is 1. The minimum absolute atomic E-state index is 0.0567. The van der Waals surface area contributed by atoms with Crippen molar-refractivity contribution in [2.45, 2.75) is 6.92 Å². The Bertz CT molecular complexity index is 759. The van der Waals surface area contributed by atoms with Crippen molar-refractivity contribution in [1.82, 2.24) is 14.8 Å². The molecule has 2 aromatic rings. The highest BCUT2D eigenvalue weighted by atomic mass is 16.3. The van der Waals surface area contributed by atoms with Crippen LogP contribution >= 0.6 is 0 Å². The van der Waals surface area contributed by atoms with Crippen LogP contribution in [0.25, 0.3) is 0 Å². The van der Waals surface area contributed by atoms with E-state index in [0.29, 0.717) is 43.3 Å². The highest BCUT2D eigenvalue weighted by molar-refractivity contribution is 5.95. The third-order valence-electron chi connectivity index (χ3n) is 4.26. The highest BCUT2D eigenvalue weighted by Crippen LogP contribution is 2.14. The molecule has 1 saturated heterocycles. The van der Waals surface area contributed by atoms with Crippen LogP contribution < -0.4 is 4.90 Å². The van der Waals surface area contributed by atoms with Crippen LogP contribution in [0, 0.1) is 6.92 Å². The molecule has 0 unspecified atom stereocenters. The first-order chi connectivity index (χ1) is 12.0. The molecule has 7 nitrogen and oxygen atoms in total.